The second-order valence-electron chi connectivity index (χ2n) is 7.36. The Morgan fingerprint density at radius 2 is 2.06 bits per heavy atom. The molecule has 1 atom stereocenters. The Kier molecular flexibility index (Phi) is 6.76. The summed E-state index contributed by atoms with van der Waals surface area (Å²) >= 11 is 0. The van der Waals surface area contributed by atoms with Gasteiger partial charge in [-0.25, -0.2) is 0 Å². The van der Waals surface area contributed by atoms with E-state index in [1.165, 1.54) is 35.4 Å². The number of aromatic nitrogens is 1. The minimum atomic E-state index is -0.855. The zero-order chi connectivity index (χ0) is 22.5. The van der Waals surface area contributed by atoms with Crippen molar-refractivity contribution in [3.63, 3.8) is 0 Å². The molecule has 162 valence electrons. The van der Waals surface area contributed by atoms with Gasteiger partial charge in [-0.3, -0.25) is 24.7 Å². The first-order valence-electron chi connectivity index (χ1n) is 9.86. The monoisotopic (exact) mass is 425 g/mol. The maximum absolute atomic E-state index is 12.9. The Bertz CT molecular complexity index is 1020. The van der Waals surface area contributed by atoms with Gasteiger partial charge in [0, 0.05) is 43.2 Å². The zero-order valence-electron chi connectivity index (χ0n) is 17.2. The number of aliphatic hydroxyl groups is 1. The van der Waals surface area contributed by atoms with Gasteiger partial charge in [-0.15, -0.1) is 0 Å². The minimum absolute atomic E-state index is 0.0402. The van der Waals surface area contributed by atoms with Gasteiger partial charge >= 0.3 is 0 Å². The van der Waals surface area contributed by atoms with Crippen LogP contribution < -0.4 is 0 Å². The molecule has 1 amide bonds. The number of hydrogen-bond donors (Lipinski definition) is 1. The molecule has 0 saturated carbocycles. The molecule has 9 heteroatoms. The highest BCUT2D eigenvalue weighted by Crippen LogP contribution is 2.39. The molecular formula is C22H23N3O6. The molecule has 0 radical (unpaired) electrons. The average molecular weight is 425 g/mol. The summed E-state index contributed by atoms with van der Waals surface area (Å²) in [5.74, 6) is -2.05. The van der Waals surface area contributed by atoms with Crippen molar-refractivity contribution < 1.29 is 24.4 Å². The molecule has 1 unspecified atom stereocenters. The van der Waals surface area contributed by atoms with Crippen molar-refractivity contribution in [2.75, 3.05) is 13.2 Å². The van der Waals surface area contributed by atoms with E-state index in [1.807, 2.05) is 13.8 Å². The summed E-state index contributed by atoms with van der Waals surface area (Å²) in [4.78, 5) is 41.6. The third-order valence-corrected chi connectivity index (χ3v) is 4.87. The molecule has 1 aliphatic rings. The third kappa shape index (κ3) is 4.77. The maximum atomic E-state index is 12.9. The number of non-ortho nitro benzene ring substituents is 1. The lowest BCUT2D eigenvalue weighted by molar-refractivity contribution is -0.384. The second-order valence-corrected chi connectivity index (χ2v) is 7.36. The van der Waals surface area contributed by atoms with E-state index in [2.05, 4.69) is 4.98 Å². The first-order chi connectivity index (χ1) is 14.8. The summed E-state index contributed by atoms with van der Waals surface area (Å²) in [7, 11) is 0. The van der Waals surface area contributed by atoms with Gasteiger partial charge in [0.2, 0.25) is 0 Å². The lowest BCUT2D eigenvalue weighted by Gasteiger charge is -2.25. The van der Waals surface area contributed by atoms with Crippen LogP contribution in [0.15, 0.2) is 54.4 Å². The Labute approximate surface area is 179 Å². The highest BCUT2D eigenvalue weighted by Gasteiger charge is 2.46. The number of rotatable bonds is 8. The molecule has 1 N–H and O–H groups in total. The van der Waals surface area contributed by atoms with Crippen molar-refractivity contribution in [1.82, 2.24) is 9.88 Å². The van der Waals surface area contributed by atoms with E-state index in [4.69, 9.17) is 4.74 Å². The number of ether oxygens (including phenoxy) is 1. The van der Waals surface area contributed by atoms with E-state index in [0.29, 0.717) is 18.6 Å². The number of nitrogens with zero attached hydrogens (tertiary/aromatic N) is 3. The number of ketones is 1. The van der Waals surface area contributed by atoms with E-state index in [1.54, 1.807) is 18.3 Å². The average Bonchev–Trinajstić information content (AvgIpc) is 3.01. The predicted molar refractivity (Wildman–Crippen MR) is 112 cm³/mol. The fourth-order valence-corrected chi connectivity index (χ4v) is 3.47. The number of pyridine rings is 1. The van der Waals surface area contributed by atoms with E-state index >= 15 is 0 Å². The van der Waals surface area contributed by atoms with Gasteiger partial charge in [0.05, 0.1) is 22.6 Å². The van der Waals surface area contributed by atoms with E-state index in [-0.39, 0.29) is 29.5 Å². The molecule has 1 aliphatic heterocycles. The number of carbonyl (C=O) groups is 2. The largest absolute Gasteiger partial charge is 0.507 e. The van der Waals surface area contributed by atoms with Gasteiger partial charge in [-0.2, -0.15) is 0 Å². The van der Waals surface area contributed by atoms with Crippen molar-refractivity contribution in [3.05, 3.63) is 75.6 Å². The van der Waals surface area contributed by atoms with Crippen molar-refractivity contribution in [2.24, 2.45) is 0 Å². The summed E-state index contributed by atoms with van der Waals surface area (Å²) in [5.41, 5.74) is 0.285. The lowest BCUT2D eigenvalue weighted by Crippen LogP contribution is -2.31. The summed E-state index contributed by atoms with van der Waals surface area (Å²) < 4.78 is 5.52. The topological polar surface area (TPSA) is 123 Å². The number of likely N-dealkylation sites (tertiary alicyclic amines) is 1. The van der Waals surface area contributed by atoms with Gasteiger partial charge in [-0.1, -0.05) is 18.2 Å². The molecular weight excluding hydrogens is 402 g/mol. The van der Waals surface area contributed by atoms with Crippen LogP contribution in [-0.4, -0.2) is 50.9 Å². The quantitative estimate of drug-likeness (QED) is 0.172. The first kappa shape index (κ1) is 22.1. The van der Waals surface area contributed by atoms with Crippen LogP contribution in [0.1, 0.15) is 37.4 Å². The number of Topliss-reactive ketones (excluding diaryl/α,β-unsaturated/α-hetero) is 1. The Morgan fingerprint density at radius 3 is 2.71 bits per heavy atom. The van der Waals surface area contributed by atoms with Crippen LogP contribution in [0.4, 0.5) is 5.69 Å². The van der Waals surface area contributed by atoms with Gasteiger partial charge in [-0.05, 0) is 31.9 Å². The van der Waals surface area contributed by atoms with E-state index in [0.717, 1.165) is 0 Å². The molecule has 2 aromatic rings. The number of hydrogen-bond acceptors (Lipinski definition) is 7. The van der Waals surface area contributed by atoms with Crippen LogP contribution in [0.5, 0.6) is 0 Å². The third-order valence-electron chi connectivity index (χ3n) is 4.87. The summed E-state index contributed by atoms with van der Waals surface area (Å²) in [6.45, 7) is 4.45. The fraction of sp³-hybridized carbons (Fsp3) is 0.318. The Balaban J connectivity index is 2.04. The molecule has 0 spiro atoms. The van der Waals surface area contributed by atoms with Crippen molar-refractivity contribution in [2.45, 2.75) is 32.4 Å². The Morgan fingerprint density at radius 1 is 1.29 bits per heavy atom. The first-order valence-corrected chi connectivity index (χ1v) is 9.86. The van der Waals surface area contributed by atoms with Gasteiger partial charge in [0.25, 0.3) is 17.4 Å². The van der Waals surface area contributed by atoms with Gasteiger partial charge in [0.15, 0.2) is 0 Å². The molecule has 31 heavy (non-hydrogen) atoms. The standard InChI is InChI=1S/C22H23N3O6/c1-14(2)31-11-5-10-24-19(16-7-4-9-23-13-16)18(21(27)22(24)28)20(26)15-6-3-8-17(12-15)25(29)30/h3-4,6-9,12-14,19,26H,5,10-11H2,1-2H3/b20-18-. The molecule has 1 aromatic carbocycles. The predicted octanol–water partition coefficient (Wildman–Crippen LogP) is 3.23. The molecule has 0 aliphatic carbocycles. The molecule has 1 fully saturated rings. The molecule has 1 saturated heterocycles. The summed E-state index contributed by atoms with van der Waals surface area (Å²) in [6, 6.07) is 7.83. The van der Waals surface area contributed by atoms with E-state index in [9.17, 15) is 24.8 Å². The molecule has 9 nitrogen and oxygen atoms in total. The lowest BCUT2D eigenvalue weighted by atomic mass is 9.96. The SMILES string of the molecule is CC(C)OCCCN1C(=O)C(=O)/C(=C(\O)c2cccc([N+](=O)[O-])c2)C1c1cccnc1. The number of benzene rings is 1. The number of carbonyl (C=O) groups excluding carboxylic acids is 2. The van der Waals surface area contributed by atoms with Crippen LogP contribution >= 0.6 is 0 Å². The van der Waals surface area contributed by atoms with Gasteiger partial charge < -0.3 is 14.7 Å². The number of nitro groups is 1. The summed E-state index contributed by atoms with van der Waals surface area (Å²) in [5, 5.41) is 22.0. The van der Waals surface area contributed by atoms with E-state index < -0.39 is 28.4 Å². The van der Waals surface area contributed by atoms with Crippen LogP contribution in [0, 0.1) is 10.1 Å². The van der Waals surface area contributed by atoms with Crippen LogP contribution in [0.25, 0.3) is 5.76 Å². The smallest absolute Gasteiger partial charge is 0.295 e. The highest BCUT2D eigenvalue weighted by atomic mass is 16.6. The van der Waals surface area contributed by atoms with Crippen LogP contribution in [-0.2, 0) is 14.3 Å². The molecule has 1 aromatic heterocycles. The maximum Gasteiger partial charge on any atom is 0.295 e. The summed E-state index contributed by atoms with van der Waals surface area (Å²) in [6.07, 6.45) is 3.62. The van der Waals surface area contributed by atoms with Crippen molar-refractivity contribution in [1.29, 1.82) is 0 Å². The molecule has 3 rings (SSSR count). The highest BCUT2D eigenvalue weighted by molar-refractivity contribution is 6.46. The van der Waals surface area contributed by atoms with Crippen molar-refractivity contribution in [3.8, 4) is 0 Å². The molecule has 2 heterocycles. The number of amides is 1. The zero-order valence-corrected chi connectivity index (χ0v) is 17.2. The second kappa shape index (κ2) is 9.48. The van der Waals surface area contributed by atoms with Gasteiger partial charge in [0.1, 0.15) is 5.76 Å². The van der Waals surface area contributed by atoms with Crippen molar-refractivity contribution >= 4 is 23.1 Å². The molecule has 0 bridgehead atoms. The van der Waals surface area contributed by atoms with Crippen LogP contribution in [0.3, 0.4) is 0 Å². The normalized spacial score (nSPS) is 18.0. The number of nitro benzene ring substituents is 1. The Hall–Kier alpha value is -3.59. The number of aliphatic hydroxyl groups excluding tert-OH is 1. The minimum Gasteiger partial charge on any atom is -0.507 e. The van der Waals surface area contributed by atoms with Crippen LogP contribution in [0.2, 0.25) is 0 Å². The fourth-order valence-electron chi connectivity index (χ4n) is 3.47.